The molecule has 23 heavy (non-hydrogen) atoms. The molecule has 0 saturated carbocycles. The van der Waals surface area contributed by atoms with Crippen LogP contribution in [0.1, 0.15) is 17.3 Å². The Bertz CT molecular complexity index is 546. The first-order valence-electron chi connectivity index (χ1n) is 6.99. The lowest BCUT2D eigenvalue weighted by Crippen LogP contribution is -2.60. The maximum atomic E-state index is 12.0. The highest BCUT2D eigenvalue weighted by Crippen LogP contribution is 2.23. The fourth-order valence-electron chi connectivity index (χ4n) is 2.15. The first kappa shape index (κ1) is 17.4. The molecule has 0 radical (unpaired) electrons. The smallest absolute Gasteiger partial charge is 0.338 e. The van der Waals surface area contributed by atoms with E-state index < -0.39 is 42.6 Å². The summed E-state index contributed by atoms with van der Waals surface area (Å²) in [5.41, 5.74) is 0.225. The Labute approximate surface area is 132 Å². The second-order valence-corrected chi connectivity index (χ2v) is 5.08. The summed E-state index contributed by atoms with van der Waals surface area (Å²) in [5.74, 6) is -1.37. The van der Waals surface area contributed by atoms with Crippen LogP contribution in [0.5, 0.6) is 0 Å². The molecule has 2 rings (SSSR count). The topological polar surface area (TPSA) is 123 Å². The minimum atomic E-state index is -1.67. The van der Waals surface area contributed by atoms with Gasteiger partial charge >= 0.3 is 11.9 Å². The lowest BCUT2D eigenvalue weighted by Gasteiger charge is -2.39. The normalized spacial score (nSPS) is 30.5. The Morgan fingerprint density at radius 1 is 1.13 bits per heavy atom. The van der Waals surface area contributed by atoms with E-state index in [2.05, 4.69) is 4.74 Å². The predicted molar refractivity (Wildman–Crippen MR) is 75.2 cm³/mol. The summed E-state index contributed by atoms with van der Waals surface area (Å²) in [5, 5.41) is 29.9. The molecule has 0 amide bonds. The first-order chi connectivity index (χ1) is 10.9. The van der Waals surface area contributed by atoms with Crippen molar-refractivity contribution >= 4 is 11.9 Å². The van der Waals surface area contributed by atoms with Crippen LogP contribution in [-0.4, -0.2) is 64.6 Å². The number of aliphatic hydroxyl groups is 3. The molecule has 1 aliphatic heterocycles. The summed E-state index contributed by atoms with van der Waals surface area (Å²) in [6.07, 6.45) is -7.35. The van der Waals surface area contributed by atoms with Crippen LogP contribution in [0.25, 0.3) is 0 Å². The van der Waals surface area contributed by atoms with Gasteiger partial charge in [0.1, 0.15) is 24.9 Å². The van der Waals surface area contributed by atoms with Crippen LogP contribution < -0.4 is 0 Å². The minimum Gasteiger partial charge on any atom is -0.463 e. The Kier molecular flexibility index (Phi) is 5.67. The summed E-state index contributed by atoms with van der Waals surface area (Å²) >= 11 is 0. The lowest BCUT2D eigenvalue weighted by atomic mass is 9.99. The molecule has 0 spiro atoms. The van der Waals surface area contributed by atoms with Crippen LogP contribution >= 0.6 is 0 Å². The number of carbonyl (C=O) groups excluding carboxylic acids is 2. The van der Waals surface area contributed by atoms with E-state index in [-0.39, 0.29) is 12.2 Å². The van der Waals surface area contributed by atoms with Gasteiger partial charge in [0.2, 0.25) is 0 Å². The molecule has 5 atom stereocenters. The maximum absolute atomic E-state index is 12.0. The fourth-order valence-corrected chi connectivity index (χ4v) is 2.15. The van der Waals surface area contributed by atoms with Gasteiger partial charge < -0.3 is 29.5 Å². The maximum Gasteiger partial charge on any atom is 0.338 e. The summed E-state index contributed by atoms with van der Waals surface area (Å²) in [6, 6.07) is 7.98. The molecule has 0 aliphatic carbocycles. The molecule has 1 aromatic carbocycles. The van der Waals surface area contributed by atoms with Gasteiger partial charge in [0, 0.05) is 6.92 Å². The molecular weight excluding hydrogens is 308 g/mol. The number of esters is 2. The average molecular weight is 326 g/mol. The van der Waals surface area contributed by atoms with Gasteiger partial charge in [-0.15, -0.1) is 0 Å². The zero-order valence-corrected chi connectivity index (χ0v) is 12.4. The lowest BCUT2D eigenvalue weighted by molar-refractivity contribution is -0.286. The van der Waals surface area contributed by atoms with Crippen molar-refractivity contribution in [3.8, 4) is 0 Å². The number of rotatable bonds is 4. The highest BCUT2D eigenvalue weighted by Gasteiger charge is 2.46. The quantitative estimate of drug-likeness (QED) is 0.616. The summed E-state index contributed by atoms with van der Waals surface area (Å²) < 4.78 is 14.8. The van der Waals surface area contributed by atoms with E-state index in [9.17, 15) is 24.9 Å². The van der Waals surface area contributed by atoms with Crippen LogP contribution in [0.3, 0.4) is 0 Å². The van der Waals surface area contributed by atoms with Gasteiger partial charge in [0.25, 0.3) is 0 Å². The van der Waals surface area contributed by atoms with E-state index in [0.29, 0.717) is 0 Å². The van der Waals surface area contributed by atoms with Crippen molar-refractivity contribution in [2.45, 2.75) is 37.6 Å². The van der Waals surface area contributed by atoms with Crippen LogP contribution in [0.2, 0.25) is 0 Å². The fraction of sp³-hybridized carbons (Fsp3) is 0.467. The number of aliphatic hydroxyl groups excluding tert-OH is 3. The van der Waals surface area contributed by atoms with Crippen LogP contribution in [0.15, 0.2) is 30.3 Å². The van der Waals surface area contributed by atoms with Gasteiger partial charge in [-0.05, 0) is 12.1 Å². The van der Waals surface area contributed by atoms with Crippen molar-refractivity contribution in [1.29, 1.82) is 0 Å². The summed E-state index contributed by atoms with van der Waals surface area (Å²) in [4.78, 5) is 22.7. The Hall–Kier alpha value is -2.00. The second kappa shape index (κ2) is 7.51. The standard InChI is InChI=1S/C15H18O8/c1-8(16)21-7-10-11(17)12(18)13(15(20)22-10)23-14(19)9-5-3-2-4-6-9/h2-6,10-13,15,17-18,20H,7H2,1H3/t10-,11-,12+,13-,15+/m1/s1. The van der Waals surface area contributed by atoms with Crippen molar-refractivity contribution in [3.63, 3.8) is 0 Å². The van der Waals surface area contributed by atoms with Gasteiger partial charge in [0.05, 0.1) is 5.56 Å². The van der Waals surface area contributed by atoms with E-state index in [1.165, 1.54) is 19.1 Å². The molecule has 1 heterocycles. The number of carbonyl (C=O) groups is 2. The van der Waals surface area contributed by atoms with E-state index in [1.54, 1.807) is 18.2 Å². The van der Waals surface area contributed by atoms with Gasteiger partial charge in [-0.25, -0.2) is 4.79 Å². The van der Waals surface area contributed by atoms with Crippen LogP contribution in [0, 0.1) is 0 Å². The van der Waals surface area contributed by atoms with E-state index in [0.717, 1.165) is 0 Å². The molecule has 126 valence electrons. The number of hydrogen-bond donors (Lipinski definition) is 3. The molecule has 3 N–H and O–H groups in total. The number of hydrogen-bond acceptors (Lipinski definition) is 8. The molecule has 1 saturated heterocycles. The molecular formula is C15H18O8. The van der Waals surface area contributed by atoms with Crippen molar-refractivity contribution in [1.82, 2.24) is 0 Å². The average Bonchev–Trinajstić information content (AvgIpc) is 2.54. The van der Waals surface area contributed by atoms with Crippen LogP contribution in [0.4, 0.5) is 0 Å². The monoisotopic (exact) mass is 326 g/mol. The Morgan fingerprint density at radius 2 is 1.78 bits per heavy atom. The zero-order chi connectivity index (χ0) is 17.0. The Morgan fingerprint density at radius 3 is 2.39 bits per heavy atom. The van der Waals surface area contributed by atoms with Gasteiger partial charge in [-0.2, -0.15) is 0 Å². The molecule has 8 heteroatoms. The predicted octanol–water partition coefficient (Wildman–Crippen LogP) is -0.786. The molecule has 0 aromatic heterocycles. The van der Waals surface area contributed by atoms with Crippen molar-refractivity contribution in [3.05, 3.63) is 35.9 Å². The second-order valence-electron chi connectivity index (χ2n) is 5.08. The van der Waals surface area contributed by atoms with Crippen molar-refractivity contribution < 1.29 is 39.1 Å². The molecule has 1 fully saturated rings. The molecule has 1 aromatic rings. The van der Waals surface area contributed by atoms with E-state index in [1.807, 2.05) is 0 Å². The third-order valence-corrected chi connectivity index (χ3v) is 3.37. The summed E-state index contributed by atoms with van der Waals surface area (Å²) in [6.45, 7) is 0.830. The van der Waals surface area contributed by atoms with E-state index >= 15 is 0 Å². The Balaban J connectivity index is 2.01. The third-order valence-electron chi connectivity index (χ3n) is 3.37. The SMILES string of the molecule is CC(=O)OC[C@H]1O[C@H](O)[C@H](OC(=O)c2ccccc2)[C@@H](O)[C@@H]1O. The highest BCUT2D eigenvalue weighted by molar-refractivity contribution is 5.89. The zero-order valence-electron chi connectivity index (χ0n) is 12.4. The largest absolute Gasteiger partial charge is 0.463 e. The minimum absolute atomic E-state index is 0.225. The van der Waals surface area contributed by atoms with Crippen molar-refractivity contribution in [2.75, 3.05) is 6.61 Å². The van der Waals surface area contributed by atoms with E-state index in [4.69, 9.17) is 9.47 Å². The highest BCUT2D eigenvalue weighted by atomic mass is 16.7. The van der Waals surface area contributed by atoms with Gasteiger partial charge in [0.15, 0.2) is 12.4 Å². The number of benzene rings is 1. The first-order valence-corrected chi connectivity index (χ1v) is 6.99. The van der Waals surface area contributed by atoms with Crippen LogP contribution in [-0.2, 0) is 19.0 Å². The summed E-state index contributed by atoms with van der Waals surface area (Å²) in [7, 11) is 0. The van der Waals surface area contributed by atoms with Gasteiger partial charge in [-0.1, -0.05) is 18.2 Å². The molecule has 0 unspecified atom stereocenters. The van der Waals surface area contributed by atoms with Crippen molar-refractivity contribution in [2.24, 2.45) is 0 Å². The number of ether oxygens (including phenoxy) is 3. The molecule has 1 aliphatic rings. The third kappa shape index (κ3) is 4.26. The molecule has 8 nitrogen and oxygen atoms in total. The molecule has 0 bridgehead atoms. The van der Waals surface area contributed by atoms with Gasteiger partial charge in [-0.3, -0.25) is 4.79 Å².